The number of nitrogens with zero attached hydrogens (tertiary/aromatic N) is 1. The first-order valence-electron chi connectivity index (χ1n) is 9.01. The van der Waals surface area contributed by atoms with Crippen LogP contribution in [0.2, 0.25) is 0 Å². The van der Waals surface area contributed by atoms with E-state index in [2.05, 4.69) is 0 Å². The summed E-state index contributed by atoms with van der Waals surface area (Å²) in [6.07, 6.45) is 3.17. The SMILES string of the molecule is Cl.Nc1ccccc1CCC(=O)N1CCCC1CC(O)c1ccccc1. The third-order valence-corrected chi connectivity index (χ3v) is 5.04. The van der Waals surface area contributed by atoms with Gasteiger partial charge in [0, 0.05) is 24.7 Å². The molecule has 3 N–H and O–H groups in total. The van der Waals surface area contributed by atoms with Crippen molar-refractivity contribution in [2.75, 3.05) is 12.3 Å². The third kappa shape index (κ3) is 4.99. The van der Waals surface area contributed by atoms with E-state index < -0.39 is 6.10 Å². The van der Waals surface area contributed by atoms with Crippen LogP contribution in [0.5, 0.6) is 0 Å². The minimum atomic E-state index is -0.524. The average Bonchev–Trinajstić information content (AvgIpc) is 3.09. The molecule has 1 amide bonds. The van der Waals surface area contributed by atoms with E-state index in [-0.39, 0.29) is 24.4 Å². The zero-order valence-electron chi connectivity index (χ0n) is 14.9. The second kappa shape index (κ2) is 9.60. The molecule has 3 rings (SSSR count). The lowest BCUT2D eigenvalue weighted by atomic mass is 10.00. The predicted octanol–water partition coefficient (Wildman–Crippen LogP) is 3.74. The van der Waals surface area contributed by atoms with Crippen molar-refractivity contribution in [3.8, 4) is 0 Å². The van der Waals surface area contributed by atoms with Crippen LogP contribution in [0.3, 0.4) is 0 Å². The number of benzene rings is 2. The Kier molecular flexibility index (Phi) is 7.49. The Labute approximate surface area is 161 Å². The maximum Gasteiger partial charge on any atom is 0.223 e. The van der Waals surface area contributed by atoms with Crippen LogP contribution in [0.1, 0.15) is 42.9 Å². The van der Waals surface area contributed by atoms with Crippen LogP contribution in [0.25, 0.3) is 0 Å². The number of nitrogens with two attached hydrogens (primary N) is 1. The smallest absolute Gasteiger partial charge is 0.223 e. The number of likely N-dealkylation sites (tertiary alicyclic amines) is 1. The molecule has 2 aromatic carbocycles. The van der Waals surface area contributed by atoms with Crippen LogP contribution in [0.4, 0.5) is 5.69 Å². The highest BCUT2D eigenvalue weighted by Crippen LogP contribution is 2.28. The molecule has 0 aromatic heterocycles. The Morgan fingerprint density at radius 2 is 1.85 bits per heavy atom. The molecule has 2 unspecified atom stereocenters. The van der Waals surface area contributed by atoms with Gasteiger partial charge in [-0.25, -0.2) is 0 Å². The van der Waals surface area contributed by atoms with Gasteiger partial charge in [-0.05, 0) is 42.9 Å². The standard InChI is InChI=1S/C21H26N2O2.ClH/c22-19-11-5-4-7-16(19)12-13-21(25)23-14-6-10-18(23)15-20(24)17-8-2-1-3-9-17;/h1-5,7-9,11,18,20,24H,6,10,12-15,22H2;1H. The van der Waals surface area contributed by atoms with Crippen molar-refractivity contribution >= 4 is 24.0 Å². The molecule has 0 spiro atoms. The first kappa shape index (κ1) is 20.3. The molecule has 0 radical (unpaired) electrons. The lowest BCUT2D eigenvalue weighted by Crippen LogP contribution is -2.36. The molecule has 0 bridgehead atoms. The van der Waals surface area contributed by atoms with Crippen molar-refractivity contribution < 1.29 is 9.90 Å². The lowest BCUT2D eigenvalue weighted by molar-refractivity contribution is -0.132. The summed E-state index contributed by atoms with van der Waals surface area (Å²) in [6.45, 7) is 0.787. The minimum absolute atomic E-state index is 0. The molecule has 1 saturated heterocycles. The number of aliphatic hydroxyl groups excluding tert-OH is 1. The highest BCUT2D eigenvalue weighted by Gasteiger charge is 2.30. The van der Waals surface area contributed by atoms with Crippen molar-refractivity contribution in [1.29, 1.82) is 0 Å². The Bertz CT molecular complexity index is 708. The fourth-order valence-electron chi connectivity index (χ4n) is 3.63. The average molecular weight is 375 g/mol. The molecule has 1 aliphatic rings. The zero-order valence-corrected chi connectivity index (χ0v) is 15.7. The van der Waals surface area contributed by atoms with Crippen molar-refractivity contribution in [1.82, 2.24) is 4.90 Å². The number of amides is 1. The highest BCUT2D eigenvalue weighted by atomic mass is 35.5. The van der Waals surface area contributed by atoms with Gasteiger partial charge in [0.1, 0.15) is 0 Å². The number of nitrogen functional groups attached to an aromatic ring is 1. The molecule has 5 heteroatoms. The molecule has 0 aliphatic carbocycles. The summed E-state index contributed by atoms with van der Waals surface area (Å²) < 4.78 is 0. The van der Waals surface area contributed by atoms with E-state index >= 15 is 0 Å². The number of hydrogen-bond donors (Lipinski definition) is 2. The van der Waals surface area contributed by atoms with Crippen LogP contribution in [0.15, 0.2) is 54.6 Å². The largest absolute Gasteiger partial charge is 0.399 e. The number of aryl methyl sites for hydroxylation is 1. The van der Waals surface area contributed by atoms with E-state index in [4.69, 9.17) is 5.73 Å². The van der Waals surface area contributed by atoms with Crippen molar-refractivity contribution in [3.05, 3.63) is 65.7 Å². The molecular formula is C21H27ClN2O2. The maximum atomic E-state index is 12.7. The number of para-hydroxylation sites is 1. The predicted molar refractivity (Wildman–Crippen MR) is 107 cm³/mol. The van der Waals surface area contributed by atoms with Gasteiger partial charge in [0.25, 0.3) is 0 Å². The summed E-state index contributed by atoms with van der Waals surface area (Å²) in [5.41, 5.74) is 8.64. The molecule has 1 heterocycles. The fourth-order valence-corrected chi connectivity index (χ4v) is 3.63. The molecule has 1 fully saturated rings. The highest BCUT2D eigenvalue weighted by molar-refractivity contribution is 5.85. The number of anilines is 1. The van der Waals surface area contributed by atoms with E-state index in [1.54, 1.807) is 0 Å². The van der Waals surface area contributed by atoms with Crippen LogP contribution in [-0.4, -0.2) is 28.5 Å². The fraction of sp³-hybridized carbons (Fsp3) is 0.381. The molecule has 140 valence electrons. The van der Waals surface area contributed by atoms with Gasteiger partial charge in [-0.2, -0.15) is 0 Å². The first-order valence-corrected chi connectivity index (χ1v) is 9.01. The van der Waals surface area contributed by atoms with Gasteiger partial charge in [-0.1, -0.05) is 48.5 Å². The van der Waals surface area contributed by atoms with E-state index in [1.807, 2.05) is 59.5 Å². The molecule has 26 heavy (non-hydrogen) atoms. The Balaban J connectivity index is 0.00000243. The maximum absolute atomic E-state index is 12.7. The third-order valence-electron chi connectivity index (χ3n) is 5.04. The first-order chi connectivity index (χ1) is 12.1. The molecular weight excluding hydrogens is 348 g/mol. The number of rotatable bonds is 6. The molecule has 1 aliphatic heterocycles. The minimum Gasteiger partial charge on any atom is -0.399 e. The summed E-state index contributed by atoms with van der Waals surface area (Å²) in [5.74, 6) is 0.158. The quantitative estimate of drug-likeness (QED) is 0.757. The van der Waals surface area contributed by atoms with Crippen molar-refractivity contribution in [2.24, 2.45) is 0 Å². The van der Waals surface area contributed by atoms with Crippen molar-refractivity contribution in [2.45, 2.75) is 44.2 Å². The zero-order chi connectivity index (χ0) is 17.6. The van der Waals surface area contributed by atoms with Gasteiger partial charge in [0.2, 0.25) is 5.91 Å². The van der Waals surface area contributed by atoms with Crippen molar-refractivity contribution in [3.63, 3.8) is 0 Å². The summed E-state index contributed by atoms with van der Waals surface area (Å²) in [7, 11) is 0. The Hall–Kier alpha value is -2.04. The summed E-state index contributed by atoms with van der Waals surface area (Å²) in [5, 5.41) is 10.5. The van der Waals surface area contributed by atoms with E-state index in [1.165, 1.54) is 0 Å². The lowest BCUT2D eigenvalue weighted by Gasteiger charge is -2.27. The molecule has 2 aromatic rings. The van der Waals surface area contributed by atoms with Crippen LogP contribution in [0, 0.1) is 0 Å². The Morgan fingerprint density at radius 3 is 2.58 bits per heavy atom. The van der Waals surface area contributed by atoms with Gasteiger partial charge in [-0.3, -0.25) is 4.79 Å². The number of carbonyl (C=O) groups excluding carboxylic acids is 1. The topological polar surface area (TPSA) is 66.6 Å². The number of hydrogen-bond acceptors (Lipinski definition) is 3. The summed E-state index contributed by atoms with van der Waals surface area (Å²) in [4.78, 5) is 14.6. The van der Waals surface area contributed by atoms with E-state index in [9.17, 15) is 9.90 Å². The summed E-state index contributed by atoms with van der Waals surface area (Å²) in [6, 6.07) is 17.5. The summed E-state index contributed by atoms with van der Waals surface area (Å²) >= 11 is 0. The van der Waals surface area contributed by atoms with Crippen LogP contribution < -0.4 is 5.73 Å². The molecule has 0 saturated carbocycles. The second-order valence-electron chi connectivity index (χ2n) is 6.74. The number of halogens is 1. The molecule has 4 nitrogen and oxygen atoms in total. The van der Waals surface area contributed by atoms with E-state index in [0.717, 1.165) is 36.2 Å². The van der Waals surface area contributed by atoms with Gasteiger partial charge < -0.3 is 15.7 Å². The second-order valence-corrected chi connectivity index (χ2v) is 6.74. The van der Waals surface area contributed by atoms with Gasteiger partial charge >= 0.3 is 0 Å². The van der Waals surface area contributed by atoms with Gasteiger partial charge in [0.15, 0.2) is 0 Å². The van der Waals surface area contributed by atoms with Gasteiger partial charge in [0.05, 0.1) is 6.10 Å². The molecule has 2 atom stereocenters. The number of aliphatic hydroxyl groups is 1. The van der Waals surface area contributed by atoms with Crippen LogP contribution in [-0.2, 0) is 11.2 Å². The normalized spacial score (nSPS) is 17.6. The van der Waals surface area contributed by atoms with Crippen LogP contribution >= 0.6 is 12.4 Å². The number of carbonyl (C=O) groups is 1. The monoisotopic (exact) mass is 374 g/mol. The van der Waals surface area contributed by atoms with E-state index in [0.29, 0.717) is 19.3 Å². The van der Waals surface area contributed by atoms with Gasteiger partial charge in [-0.15, -0.1) is 12.4 Å². The Morgan fingerprint density at radius 1 is 1.15 bits per heavy atom.